The maximum Gasteiger partial charge on any atom is 0.573 e. The second kappa shape index (κ2) is 11.9. The van der Waals surface area contributed by atoms with Gasteiger partial charge in [-0.3, -0.25) is 0 Å². The minimum Gasteiger partial charge on any atom is -0.406 e. The lowest BCUT2D eigenvalue weighted by atomic mass is 9.98. The van der Waals surface area contributed by atoms with Crippen LogP contribution in [-0.4, -0.2) is 47.1 Å². The molecule has 3 aromatic carbocycles. The molecule has 4 rings (SSSR count). The van der Waals surface area contributed by atoms with Crippen molar-refractivity contribution in [1.82, 2.24) is 4.72 Å². The van der Waals surface area contributed by atoms with Crippen molar-refractivity contribution < 1.29 is 58.3 Å². The van der Waals surface area contributed by atoms with Crippen molar-refractivity contribution in [2.45, 2.75) is 41.8 Å². The van der Waals surface area contributed by atoms with Crippen LogP contribution in [0.5, 0.6) is 5.75 Å². The van der Waals surface area contributed by atoms with Crippen molar-refractivity contribution >= 4 is 21.3 Å². The van der Waals surface area contributed by atoms with Crippen LogP contribution in [0.25, 0.3) is 0 Å². The third-order valence-electron chi connectivity index (χ3n) is 6.38. The minimum atomic E-state index is -4.98. The highest BCUT2D eigenvalue weighted by Gasteiger charge is 2.40. The van der Waals surface area contributed by atoms with Crippen molar-refractivity contribution in [2.75, 3.05) is 18.1 Å². The van der Waals surface area contributed by atoms with E-state index in [1.54, 1.807) is 0 Å². The average Bonchev–Trinajstić information content (AvgIpc) is 2.90. The van der Waals surface area contributed by atoms with Crippen molar-refractivity contribution in [1.29, 1.82) is 4.78 Å². The van der Waals surface area contributed by atoms with E-state index in [-0.39, 0.29) is 29.5 Å². The fraction of sp³-hybridized carbons (Fsp3) is 0.308. The fourth-order valence-electron chi connectivity index (χ4n) is 4.38. The molecule has 1 heterocycles. The molecule has 1 aliphatic heterocycles. The van der Waals surface area contributed by atoms with E-state index in [4.69, 9.17) is 9.52 Å². The highest BCUT2D eigenvalue weighted by atomic mass is 32.2. The summed E-state index contributed by atoms with van der Waals surface area (Å²) in [5, 5.41) is 11.3. The van der Waals surface area contributed by atoms with Crippen LogP contribution in [0.1, 0.15) is 11.1 Å². The predicted molar refractivity (Wildman–Crippen MR) is 135 cm³/mol. The van der Waals surface area contributed by atoms with E-state index >= 15 is 0 Å². The third kappa shape index (κ3) is 7.90. The molecule has 1 fully saturated rings. The summed E-state index contributed by atoms with van der Waals surface area (Å²) in [6, 6.07) is 8.39. The topological polar surface area (TPSA) is 94.9 Å². The number of nitrogens with zero attached hydrogens (tertiary/aromatic N) is 1. The number of aliphatic hydroxyl groups is 1. The molecule has 0 saturated carbocycles. The van der Waals surface area contributed by atoms with Crippen molar-refractivity contribution in [3.8, 4) is 5.75 Å². The first-order valence-corrected chi connectivity index (χ1v) is 13.7. The van der Waals surface area contributed by atoms with Crippen LogP contribution in [0.2, 0.25) is 0 Å². The number of anilines is 2. The molecule has 0 spiro atoms. The molecule has 17 heteroatoms. The number of ether oxygens (including phenoxy) is 2. The van der Waals surface area contributed by atoms with Gasteiger partial charge in [0.05, 0.1) is 47.4 Å². The molecule has 4 unspecified atom stereocenters. The van der Waals surface area contributed by atoms with E-state index in [1.807, 2.05) is 0 Å². The van der Waals surface area contributed by atoms with Crippen LogP contribution in [-0.2, 0) is 27.0 Å². The Bertz CT molecular complexity index is 1440. The van der Waals surface area contributed by atoms with Crippen molar-refractivity contribution in [3.63, 3.8) is 0 Å². The maximum atomic E-state index is 13.2. The smallest absolute Gasteiger partial charge is 0.406 e. The standard InChI is InChI=1S/C26H22F9N3O4S/c27-24(28,29)15-1-5-17(6-2-15)38(18-7-3-16(4-8-18)25(30,31)32)22-14-41-13-21(23(22)39)37-43(36,40)20-11-9-19(10-12-20)42-26(33,34)35/h1-12,21-23,39H,13-14H2,(H2,36,37,40). The largest absolute Gasteiger partial charge is 0.573 e. The summed E-state index contributed by atoms with van der Waals surface area (Å²) in [4.78, 5) is 0.993. The van der Waals surface area contributed by atoms with Crippen molar-refractivity contribution in [3.05, 3.63) is 83.9 Å². The molecular formula is C26H22F9N3O4S. The molecule has 1 aliphatic rings. The zero-order chi connectivity index (χ0) is 31.8. The van der Waals surface area contributed by atoms with E-state index in [0.717, 1.165) is 72.8 Å². The molecule has 43 heavy (non-hydrogen) atoms. The summed E-state index contributed by atoms with van der Waals surface area (Å²) in [6.07, 6.45) is -15.9. The van der Waals surface area contributed by atoms with E-state index in [1.165, 1.54) is 4.90 Å². The Kier molecular flexibility index (Phi) is 8.93. The molecular weight excluding hydrogens is 621 g/mol. The van der Waals surface area contributed by atoms with Crippen LogP contribution in [0.3, 0.4) is 0 Å². The van der Waals surface area contributed by atoms with Gasteiger partial charge in [-0.2, -0.15) is 26.3 Å². The number of halogens is 9. The van der Waals surface area contributed by atoms with Gasteiger partial charge in [-0.25, -0.2) is 13.7 Å². The second-order valence-corrected chi connectivity index (χ2v) is 11.2. The Hall–Kier alpha value is -3.54. The Morgan fingerprint density at radius 1 is 0.791 bits per heavy atom. The average molecular weight is 644 g/mol. The van der Waals surface area contributed by atoms with Crippen LogP contribution in [0.4, 0.5) is 50.9 Å². The number of alkyl halides is 9. The molecule has 3 aromatic rings. The highest BCUT2D eigenvalue weighted by molar-refractivity contribution is 7.90. The summed E-state index contributed by atoms with van der Waals surface area (Å²) in [6.45, 7) is -0.583. The van der Waals surface area contributed by atoms with Crippen LogP contribution in [0, 0.1) is 4.78 Å². The lowest BCUT2D eigenvalue weighted by Gasteiger charge is -2.42. The molecule has 7 nitrogen and oxygen atoms in total. The Morgan fingerprint density at radius 2 is 1.26 bits per heavy atom. The molecule has 0 radical (unpaired) electrons. The van der Waals surface area contributed by atoms with Crippen LogP contribution in [0.15, 0.2) is 77.7 Å². The number of benzene rings is 3. The van der Waals surface area contributed by atoms with Crippen LogP contribution >= 0.6 is 0 Å². The minimum absolute atomic E-state index is 0.0490. The quantitative estimate of drug-likeness (QED) is 0.256. The van der Waals surface area contributed by atoms with Crippen molar-refractivity contribution in [2.24, 2.45) is 0 Å². The SMILES string of the molecule is N=S(=O)(NC1COCC(N(c2ccc(C(F)(F)F)cc2)c2ccc(C(F)(F)F)cc2)C1O)c1ccc(OC(F)(F)F)cc1. The number of hydrogen-bond donors (Lipinski definition) is 3. The zero-order valence-electron chi connectivity index (χ0n) is 21.5. The van der Waals surface area contributed by atoms with Gasteiger partial charge in [0, 0.05) is 11.4 Å². The normalized spacial score (nSPS) is 21.2. The lowest BCUT2D eigenvalue weighted by Crippen LogP contribution is -2.60. The molecule has 4 atom stereocenters. The Morgan fingerprint density at radius 3 is 1.67 bits per heavy atom. The third-order valence-corrected chi connectivity index (χ3v) is 7.95. The Balaban J connectivity index is 1.64. The first-order chi connectivity index (χ1) is 19.8. The van der Waals surface area contributed by atoms with Gasteiger partial charge >= 0.3 is 18.7 Å². The van der Waals surface area contributed by atoms with E-state index in [2.05, 4.69) is 9.46 Å². The predicted octanol–water partition coefficient (Wildman–Crippen LogP) is 6.50. The second-order valence-electron chi connectivity index (χ2n) is 9.35. The van der Waals surface area contributed by atoms with Gasteiger partial charge < -0.3 is 19.5 Å². The number of aliphatic hydroxyl groups excluding tert-OH is 1. The zero-order valence-corrected chi connectivity index (χ0v) is 22.3. The first-order valence-electron chi connectivity index (χ1n) is 12.2. The summed E-state index contributed by atoms with van der Waals surface area (Å²) in [5.74, 6) is -0.628. The van der Waals surface area contributed by atoms with Gasteiger partial charge in [0.2, 0.25) is 0 Å². The highest BCUT2D eigenvalue weighted by Crippen LogP contribution is 2.37. The first kappa shape index (κ1) is 32.4. The molecule has 3 N–H and O–H groups in total. The van der Waals surface area contributed by atoms with Gasteiger partial charge in [-0.1, -0.05) is 0 Å². The maximum absolute atomic E-state index is 13.2. The molecule has 0 aliphatic carbocycles. The van der Waals surface area contributed by atoms with Crippen LogP contribution < -0.4 is 14.4 Å². The number of rotatable bonds is 7. The van der Waals surface area contributed by atoms with Gasteiger partial charge in [0.15, 0.2) is 0 Å². The molecule has 0 aromatic heterocycles. The number of hydrogen-bond acceptors (Lipinski definition) is 6. The summed E-state index contributed by atoms with van der Waals surface area (Å²) >= 11 is 0. The summed E-state index contributed by atoms with van der Waals surface area (Å²) < 4.78 is 149. The molecule has 0 bridgehead atoms. The lowest BCUT2D eigenvalue weighted by molar-refractivity contribution is -0.274. The monoisotopic (exact) mass is 643 g/mol. The summed E-state index contributed by atoms with van der Waals surface area (Å²) in [5.41, 5.74) is -1.89. The molecule has 234 valence electrons. The van der Waals surface area contributed by atoms with E-state index in [9.17, 15) is 48.8 Å². The summed E-state index contributed by atoms with van der Waals surface area (Å²) in [7, 11) is -3.97. The number of nitrogens with one attached hydrogen (secondary N) is 2. The molecule has 1 saturated heterocycles. The van der Waals surface area contributed by atoms with Gasteiger partial charge in [0.1, 0.15) is 15.7 Å². The van der Waals surface area contributed by atoms with Gasteiger partial charge in [-0.05, 0) is 72.8 Å². The molecule has 0 amide bonds. The van der Waals surface area contributed by atoms with E-state index in [0.29, 0.717) is 0 Å². The van der Waals surface area contributed by atoms with Gasteiger partial charge in [0.25, 0.3) is 0 Å². The van der Waals surface area contributed by atoms with Gasteiger partial charge in [-0.15, -0.1) is 13.2 Å². The fourth-order valence-corrected chi connectivity index (χ4v) is 5.67. The van der Waals surface area contributed by atoms with E-state index < -0.39 is 63.7 Å². The Labute approximate surface area is 238 Å².